The first kappa shape index (κ1) is 20.0. The van der Waals surface area contributed by atoms with Crippen LogP contribution >= 0.6 is 11.3 Å². The van der Waals surface area contributed by atoms with E-state index in [0.717, 1.165) is 17.7 Å². The molecule has 0 unspecified atom stereocenters. The van der Waals surface area contributed by atoms with E-state index in [1.165, 1.54) is 39.9 Å². The first-order valence-corrected chi connectivity index (χ1v) is 11.2. The van der Waals surface area contributed by atoms with Crippen LogP contribution in [0, 0.1) is 0 Å². The Balaban J connectivity index is 1.83. The van der Waals surface area contributed by atoms with Gasteiger partial charge >= 0.3 is 5.97 Å². The van der Waals surface area contributed by atoms with Crippen LogP contribution in [0.3, 0.4) is 0 Å². The highest BCUT2D eigenvalue weighted by molar-refractivity contribution is 7.89. The van der Waals surface area contributed by atoms with E-state index in [2.05, 4.69) is 0 Å². The predicted octanol–water partition coefficient (Wildman–Crippen LogP) is 3.29. The molecule has 1 atom stereocenters. The Morgan fingerprint density at radius 1 is 1.30 bits per heavy atom. The molecule has 0 N–H and O–H groups in total. The normalized spacial score (nSPS) is 17.3. The van der Waals surface area contributed by atoms with Crippen molar-refractivity contribution >= 4 is 27.3 Å². The average molecular weight is 410 g/mol. The topological polar surface area (TPSA) is 72.9 Å². The predicted molar refractivity (Wildman–Crippen MR) is 103 cm³/mol. The van der Waals surface area contributed by atoms with E-state index in [9.17, 15) is 13.2 Å². The second-order valence-corrected chi connectivity index (χ2v) is 9.23. The number of hydrogen-bond acceptors (Lipinski definition) is 6. The molecule has 0 aliphatic carbocycles. The number of thiophene rings is 1. The number of ether oxygens (including phenoxy) is 2. The van der Waals surface area contributed by atoms with Gasteiger partial charge in [-0.2, -0.15) is 4.31 Å². The molecule has 1 aromatic carbocycles. The van der Waals surface area contributed by atoms with Crippen molar-refractivity contribution in [1.29, 1.82) is 0 Å². The molecule has 2 aromatic rings. The molecule has 3 rings (SSSR count). The maximum absolute atomic E-state index is 13.2. The molecule has 1 aliphatic rings. The molecule has 1 fully saturated rings. The Morgan fingerprint density at radius 2 is 2.07 bits per heavy atom. The van der Waals surface area contributed by atoms with Crippen molar-refractivity contribution in [3.63, 3.8) is 0 Å². The molecule has 0 bridgehead atoms. The molecule has 0 spiro atoms. The third kappa shape index (κ3) is 4.95. The molecule has 27 heavy (non-hydrogen) atoms. The largest absolute Gasteiger partial charge is 0.462 e. The first-order chi connectivity index (χ1) is 13.0. The summed E-state index contributed by atoms with van der Waals surface area (Å²) >= 11 is 1.52. The number of esters is 1. The maximum atomic E-state index is 13.2. The van der Waals surface area contributed by atoms with Crippen LogP contribution in [0.5, 0.6) is 0 Å². The number of hydrogen-bond donors (Lipinski definition) is 0. The minimum atomic E-state index is -3.71. The number of benzene rings is 1. The zero-order valence-electron chi connectivity index (χ0n) is 15.2. The lowest BCUT2D eigenvalue weighted by Crippen LogP contribution is -2.36. The smallest absolute Gasteiger partial charge is 0.338 e. The lowest BCUT2D eigenvalue weighted by molar-refractivity contribution is 0.0526. The molecule has 1 aromatic heterocycles. The van der Waals surface area contributed by atoms with E-state index < -0.39 is 16.0 Å². The van der Waals surface area contributed by atoms with E-state index in [1.54, 1.807) is 6.92 Å². The van der Waals surface area contributed by atoms with Gasteiger partial charge in [-0.05, 0) is 55.5 Å². The zero-order chi connectivity index (χ0) is 19.3. The van der Waals surface area contributed by atoms with Crippen LogP contribution in [0.2, 0.25) is 0 Å². The van der Waals surface area contributed by atoms with Crippen molar-refractivity contribution in [2.75, 3.05) is 19.8 Å². The Kier molecular flexibility index (Phi) is 6.64. The van der Waals surface area contributed by atoms with Crippen molar-refractivity contribution < 1.29 is 22.7 Å². The molecule has 6 nitrogen and oxygen atoms in total. The molecule has 0 amide bonds. The van der Waals surface area contributed by atoms with E-state index in [-0.39, 0.29) is 17.6 Å². The summed E-state index contributed by atoms with van der Waals surface area (Å²) < 4.78 is 38.5. The molecule has 0 saturated carbocycles. The van der Waals surface area contributed by atoms with Gasteiger partial charge in [0.05, 0.1) is 23.2 Å². The fourth-order valence-electron chi connectivity index (χ4n) is 2.97. The molecule has 8 heteroatoms. The molecule has 1 aliphatic heterocycles. The van der Waals surface area contributed by atoms with Gasteiger partial charge in [-0.3, -0.25) is 0 Å². The van der Waals surface area contributed by atoms with E-state index >= 15 is 0 Å². The summed E-state index contributed by atoms with van der Waals surface area (Å²) in [5.41, 5.74) is 0.333. The highest BCUT2D eigenvalue weighted by atomic mass is 32.2. The molecular formula is C19H23NO5S2. The Bertz CT molecular complexity index is 841. The summed E-state index contributed by atoms with van der Waals surface area (Å²) in [7, 11) is -3.71. The summed E-state index contributed by atoms with van der Waals surface area (Å²) in [6.07, 6.45) is 1.72. The van der Waals surface area contributed by atoms with E-state index in [0.29, 0.717) is 25.3 Å². The maximum Gasteiger partial charge on any atom is 0.338 e. The van der Waals surface area contributed by atoms with Gasteiger partial charge < -0.3 is 9.47 Å². The monoisotopic (exact) mass is 409 g/mol. The number of carbonyl (C=O) groups is 1. The van der Waals surface area contributed by atoms with Crippen LogP contribution in [-0.4, -0.2) is 44.6 Å². The number of rotatable bonds is 8. The Labute approximate surface area is 163 Å². The van der Waals surface area contributed by atoms with Crippen molar-refractivity contribution in [2.24, 2.45) is 0 Å². The average Bonchev–Trinajstić information content (AvgIpc) is 3.35. The van der Waals surface area contributed by atoms with Gasteiger partial charge in [-0.25, -0.2) is 13.2 Å². The lowest BCUT2D eigenvalue weighted by Gasteiger charge is -2.24. The summed E-state index contributed by atoms with van der Waals surface area (Å²) in [4.78, 5) is 12.9. The number of carbonyl (C=O) groups excluding carboxylic acids is 1. The van der Waals surface area contributed by atoms with Gasteiger partial charge in [-0.1, -0.05) is 6.07 Å². The van der Waals surface area contributed by atoms with Crippen molar-refractivity contribution in [3.05, 3.63) is 52.2 Å². The lowest BCUT2D eigenvalue weighted by atomic mass is 10.2. The van der Waals surface area contributed by atoms with Crippen LogP contribution in [0.15, 0.2) is 46.7 Å². The molecule has 0 radical (unpaired) electrons. The van der Waals surface area contributed by atoms with Crippen LogP contribution < -0.4 is 0 Å². The van der Waals surface area contributed by atoms with Crippen LogP contribution in [-0.2, 0) is 26.0 Å². The van der Waals surface area contributed by atoms with Gasteiger partial charge in [0.25, 0.3) is 0 Å². The van der Waals surface area contributed by atoms with Crippen LogP contribution in [0.1, 0.15) is 35.0 Å². The van der Waals surface area contributed by atoms with Gasteiger partial charge in [-0.15, -0.1) is 11.3 Å². The van der Waals surface area contributed by atoms with Crippen LogP contribution in [0.25, 0.3) is 0 Å². The van der Waals surface area contributed by atoms with Crippen molar-refractivity contribution in [3.8, 4) is 0 Å². The van der Waals surface area contributed by atoms with Gasteiger partial charge in [0.2, 0.25) is 10.0 Å². The molecule has 146 valence electrons. The standard InChI is InChI=1S/C19H23NO5S2/c1-2-24-19(21)15-7-9-18(10-8-15)27(22,23)20(13-16-5-3-11-25-16)14-17-6-4-12-26-17/h4,6-10,12,16H,2-3,5,11,13-14H2,1H3/t16-/m0/s1. The fraction of sp³-hybridized carbons (Fsp3) is 0.421. The minimum Gasteiger partial charge on any atom is -0.462 e. The quantitative estimate of drug-likeness (QED) is 0.626. The van der Waals surface area contributed by atoms with E-state index in [1.807, 2.05) is 17.5 Å². The van der Waals surface area contributed by atoms with Crippen molar-refractivity contribution in [1.82, 2.24) is 4.31 Å². The zero-order valence-corrected chi connectivity index (χ0v) is 16.8. The van der Waals surface area contributed by atoms with Gasteiger partial charge in [0, 0.05) is 24.6 Å². The Hall–Kier alpha value is -1.74. The van der Waals surface area contributed by atoms with Gasteiger partial charge in [0.1, 0.15) is 0 Å². The summed E-state index contributed by atoms with van der Waals surface area (Å²) in [6, 6.07) is 9.72. The highest BCUT2D eigenvalue weighted by Gasteiger charge is 2.29. The summed E-state index contributed by atoms with van der Waals surface area (Å²) in [6.45, 7) is 3.30. The third-order valence-electron chi connectivity index (χ3n) is 4.35. The molecule has 1 saturated heterocycles. The third-order valence-corrected chi connectivity index (χ3v) is 7.03. The second-order valence-electron chi connectivity index (χ2n) is 6.26. The minimum absolute atomic E-state index is 0.0847. The van der Waals surface area contributed by atoms with Crippen molar-refractivity contribution in [2.45, 2.75) is 37.3 Å². The number of sulfonamides is 1. The molecular weight excluding hydrogens is 386 g/mol. The fourth-order valence-corrected chi connectivity index (χ4v) is 5.22. The highest BCUT2D eigenvalue weighted by Crippen LogP contribution is 2.24. The SMILES string of the molecule is CCOC(=O)c1ccc(S(=O)(=O)N(Cc2cccs2)C[C@@H]2CCCO2)cc1. The summed E-state index contributed by atoms with van der Waals surface area (Å²) in [5.74, 6) is -0.462. The first-order valence-electron chi connectivity index (χ1n) is 8.92. The molecule has 2 heterocycles. The van der Waals surface area contributed by atoms with Crippen LogP contribution in [0.4, 0.5) is 0 Å². The second kappa shape index (κ2) is 8.97. The number of nitrogens with zero attached hydrogens (tertiary/aromatic N) is 1. The van der Waals surface area contributed by atoms with Gasteiger partial charge in [0.15, 0.2) is 0 Å². The Morgan fingerprint density at radius 3 is 2.67 bits per heavy atom. The van der Waals surface area contributed by atoms with E-state index in [4.69, 9.17) is 9.47 Å². The summed E-state index contributed by atoms with van der Waals surface area (Å²) in [5, 5.41) is 1.93.